The molecule has 0 N–H and O–H groups in total. The smallest absolute Gasteiger partial charge is 0.153 e. The molecule has 5 heteroatoms. The van der Waals surface area contributed by atoms with E-state index < -0.39 is 14.6 Å². The minimum absolute atomic E-state index is 0.280. The van der Waals surface area contributed by atoms with E-state index in [0.717, 1.165) is 18.7 Å². The van der Waals surface area contributed by atoms with Crippen LogP contribution in [0, 0.1) is 5.92 Å². The maximum Gasteiger partial charge on any atom is 0.153 e. The minimum atomic E-state index is -3.09. The van der Waals surface area contributed by atoms with Crippen molar-refractivity contribution in [2.24, 2.45) is 5.92 Å². The van der Waals surface area contributed by atoms with Crippen LogP contribution in [0.3, 0.4) is 0 Å². The van der Waals surface area contributed by atoms with Gasteiger partial charge in [-0.25, -0.2) is 8.42 Å². The molecule has 0 aromatic heterocycles. The number of sulfone groups is 1. The van der Waals surface area contributed by atoms with Gasteiger partial charge < -0.3 is 4.74 Å². The fourth-order valence-corrected chi connectivity index (χ4v) is 3.49. The van der Waals surface area contributed by atoms with Crippen LogP contribution < -0.4 is 4.74 Å². The van der Waals surface area contributed by atoms with Crippen LogP contribution in [-0.4, -0.2) is 44.5 Å². The first kappa shape index (κ1) is 17.3. The molecule has 2 unspecified atom stereocenters. The molecule has 0 spiro atoms. The van der Waals surface area contributed by atoms with E-state index in [1.807, 2.05) is 26.0 Å². The van der Waals surface area contributed by atoms with E-state index in [0.29, 0.717) is 12.5 Å². The third-order valence-electron chi connectivity index (χ3n) is 4.70. The maximum atomic E-state index is 12.0. The standard InChI is InChI=1S/C17H27NO3S/c1-13-10-16(14-6-8-15(21-4)9-7-14)18(11-13)12-17(2,3)22(5,19)20/h6-9,13,16H,10-12H2,1-5H3. The molecule has 0 radical (unpaired) electrons. The second-order valence-electron chi connectivity index (χ2n) is 7.09. The zero-order valence-electron chi connectivity index (χ0n) is 14.2. The van der Waals surface area contributed by atoms with Crippen molar-refractivity contribution in [3.63, 3.8) is 0 Å². The van der Waals surface area contributed by atoms with E-state index in [2.05, 4.69) is 24.0 Å². The van der Waals surface area contributed by atoms with Crippen molar-refractivity contribution in [1.29, 1.82) is 0 Å². The van der Waals surface area contributed by atoms with Gasteiger partial charge in [-0.1, -0.05) is 19.1 Å². The average molecular weight is 325 g/mol. The molecular weight excluding hydrogens is 298 g/mol. The Hall–Kier alpha value is -1.07. The van der Waals surface area contributed by atoms with Crippen LogP contribution in [0.25, 0.3) is 0 Å². The second kappa shape index (κ2) is 6.20. The van der Waals surface area contributed by atoms with Crippen LogP contribution in [0.5, 0.6) is 5.75 Å². The van der Waals surface area contributed by atoms with Gasteiger partial charge in [-0.3, -0.25) is 4.90 Å². The number of hydrogen-bond donors (Lipinski definition) is 0. The monoisotopic (exact) mass is 325 g/mol. The predicted molar refractivity (Wildman–Crippen MR) is 90.0 cm³/mol. The fourth-order valence-electron chi connectivity index (χ4n) is 3.09. The zero-order valence-corrected chi connectivity index (χ0v) is 15.0. The summed E-state index contributed by atoms with van der Waals surface area (Å²) < 4.78 is 28.5. The molecule has 1 heterocycles. The van der Waals surface area contributed by atoms with Crippen molar-refractivity contribution in [2.75, 3.05) is 26.5 Å². The van der Waals surface area contributed by atoms with Crippen molar-refractivity contribution in [3.05, 3.63) is 29.8 Å². The molecule has 0 bridgehead atoms. The number of hydrogen-bond acceptors (Lipinski definition) is 4. The van der Waals surface area contributed by atoms with Gasteiger partial charge in [-0.05, 0) is 43.9 Å². The van der Waals surface area contributed by atoms with Gasteiger partial charge in [-0.15, -0.1) is 0 Å². The molecule has 22 heavy (non-hydrogen) atoms. The van der Waals surface area contributed by atoms with Crippen molar-refractivity contribution in [1.82, 2.24) is 4.90 Å². The zero-order chi connectivity index (χ0) is 16.5. The van der Waals surface area contributed by atoms with Crippen molar-refractivity contribution >= 4 is 9.84 Å². The number of methoxy groups -OCH3 is 1. The molecule has 0 amide bonds. The van der Waals surface area contributed by atoms with Gasteiger partial charge in [0.15, 0.2) is 9.84 Å². The van der Waals surface area contributed by atoms with E-state index in [1.165, 1.54) is 11.8 Å². The Bertz CT molecular complexity index is 607. The first-order valence-corrected chi connectivity index (χ1v) is 9.61. The Kier molecular flexibility index (Phi) is 4.87. The highest BCUT2D eigenvalue weighted by Gasteiger charge is 2.38. The predicted octanol–water partition coefficient (Wildman–Crippen LogP) is 2.90. The number of nitrogens with zero attached hydrogens (tertiary/aromatic N) is 1. The molecule has 1 aliphatic rings. The summed E-state index contributed by atoms with van der Waals surface area (Å²) in [4.78, 5) is 2.31. The molecule has 1 aromatic rings. The van der Waals surface area contributed by atoms with Gasteiger partial charge in [0.05, 0.1) is 11.9 Å². The van der Waals surface area contributed by atoms with Crippen molar-refractivity contribution in [2.45, 2.75) is 38.0 Å². The Labute approximate surface area is 134 Å². The summed E-state index contributed by atoms with van der Waals surface area (Å²) in [6.45, 7) is 7.36. The van der Waals surface area contributed by atoms with Gasteiger partial charge >= 0.3 is 0 Å². The van der Waals surface area contributed by atoms with Crippen LogP contribution in [0.15, 0.2) is 24.3 Å². The number of ether oxygens (including phenoxy) is 1. The van der Waals surface area contributed by atoms with Crippen LogP contribution in [0.2, 0.25) is 0 Å². The molecule has 1 saturated heterocycles. The van der Waals surface area contributed by atoms with E-state index in [1.54, 1.807) is 7.11 Å². The SMILES string of the molecule is COc1ccc(C2CC(C)CN2CC(C)(C)S(C)(=O)=O)cc1. The molecule has 124 valence electrons. The lowest BCUT2D eigenvalue weighted by Crippen LogP contribution is -2.43. The van der Waals surface area contributed by atoms with Crippen LogP contribution in [-0.2, 0) is 9.84 Å². The number of benzene rings is 1. The molecule has 1 aromatic carbocycles. The Morgan fingerprint density at radius 2 is 1.86 bits per heavy atom. The first-order chi connectivity index (χ1) is 10.1. The third kappa shape index (κ3) is 3.63. The molecule has 1 fully saturated rings. The Morgan fingerprint density at radius 1 is 1.27 bits per heavy atom. The minimum Gasteiger partial charge on any atom is -0.497 e. The Balaban J connectivity index is 2.22. The maximum absolute atomic E-state index is 12.0. The van der Waals surface area contributed by atoms with Crippen molar-refractivity contribution in [3.8, 4) is 5.75 Å². The second-order valence-corrected chi connectivity index (χ2v) is 9.74. The lowest BCUT2D eigenvalue weighted by molar-refractivity contribution is 0.233. The lowest BCUT2D eigenvalue weighted by atomic mass is 10.0. The Morgan fingerprint density at radius 3 is 2.36 bits per heavy atom. The fraction of sp³-hybridized carbons (Fsp3) is 0.647. The molecular formula is C17H27NO3S. The van der Waals surface area contributed by atoms with E-state index in [4.69, 9.17) is 4.74 Å². The highest BCUT2D eigenvalue weighted by Crippen LogP contribution is 2.37. The van der Waals surface area contributed by atoms with Gasteiger partial charge in [0.25, 0.3) is 0 Å². The summed E-state index contributed by atoms with van der Waals surface area (Å²) in [5, 5.41) is 0. The third-order valence-corrected chi connectivity index (χ3v) is 6.84. The lowest BCUT2D eigenvalue weighted by Gasteiger charge is -2.32. The molecule has 2 atom stereocenters. The molecule has 0 aliphatic carbocycles. The molecule has 1 aliphatic heterocycles. The summed E-state index contributed by atoms with van der Waals surface area (Å²) in [5.74, 6) is 1.42. The van der Waals surface area contributed by atoms with Gasteiger partial charge in [0.2, 0.25) is 0 Å². The van der Waals surface area contributed by atoms with Gasteiger partial charge in [-0.2, -0.15) is 0 Å². The topological polar surface area (TPSA) is 46.6 Å². The molecule has 0 saturated carbocycles. The van der Waals surface area contributed by atoms with Crippen molar-refractivity contribution < 1.29 is 13.2 Å². The van der Waals surface area contributed by atoms with E-state index >= 15 is 0 Å². The highest BCUT2D eigenvalue weighted by molar-refractivity contribution is 7.92. The summed E-state index contributed by atoms with van der Waals surface area (Å²) in [7, 11) is -1.42. The summed E-state index contributed by atoms with van der Waals surface area (Å²) in [6, 6.07) is 8.39. The van der Waals surface area contributed by atoms with Gasteiger partial charge in [0, 0.05) is 25.4 Å². The summed E-state index contributed by atoms with van der Waals surface area (Å²) in [5.41, 5.74) is 1.23. The number of rotatable bonds is 5. The normalized spacial score (nSPS) is 23.7. The largest absolute Gasteiger partial charge is 0.497 e. The van der Waals surface area contributed by atoms with Crippen LogP contribution in [0.4, 0.5) is 0 Å². The highest BCUT2D eigenvalue weighted by atomic mass is 32.2. The summed E-state index contributed by atoms with van der Waals surface area (Å²) in [6.07, 6.45) is 2.39. The molecule has 2 rings (SSSR count). The van der Waals surface area contributed by atoms with E-state index in [9.17, 15) is 8.42 Å². The average Bonchev–Trinajstić information content (AvgIpc) is 2.77. The summed E-state index contributed by atoms with van der Waals surface area (Å²) >= 11 is 0. The van der Waals surface area contributed by atoms with Crippen LogP contribution in [0.1, 0.15) is 38.8 Å². The first-order valence-electron chi connectivity index (χ1n) is 7.71. The quantitative estimate of drug-likeness (QED) is 0.835. The van der Waals surface area contributed by atoms with E-state index in [-0.39, 0.29) is 6.04 Å². The molecule has 4 nitrogen and oxygen atoms in total. The van der Waals surface area contributed by atoms with Gasteiger partial charge in [0.1, 0.15) is 5.75 Å². The van der Waals surface area contributed by atoms with Crippen LogP contribution >= 0.6 is 0 Å². The number of likely N-dealkylation sites (tertiary alicyclic amines) is 1.